The fraction of sp³-hybridized carbons (Fsp3) is 0.333. The summed E-state index contributed by atoms with van der Waals surface area (Å²) < 4.78 is 7.88. The third-order valence-electron chi connectivity index (χ3n) is 2.84. The Morgan fingerprint density at radius 1 is 1.25 bits per heavy atom. The third kappa shape index (κ3) is 3.87. The van der Waals surface area contributed by atoms with E-state index in [4.69, 9.17) is 4.74 Å². The first kappa shape index (κ1) is 16.5. The minimum Gasteiger partial charge on any atom is -0.492 e. The summed E-state index contributed by atoms with van der Waals surface area (Å²) in [7, 11) is 0. The highest BCUT2D eigenvalue weighted by molar-refractivity contribution is 9.11. The van der Waals surface area contributed by atoms with Crippen LogP contribution < -0.4 is 4.74 Å². The van der Waals surface area contributed by atoms with Crippen molar-refractivity contribution in [2.75, 3.05) is 6.61 Å². The number of hydrogen-bond donors (Lipinski definition) is 0. The maximum atomic E-state index is 5.68. The molecular formula is C15H15Br3OS. The lowest BCUT2D eigenvalue weighted by Crippen LogP contribution is -1.97. The Balaban J connectivity index is 2.22. The monoisotopic (exact) mass is 480 g/mol. The molecule has 0 spiro atoms. The Kier molecular flexibility index (Phi) is 6.14. The van der Waals surface area contributed by atoms with E-state index in [1.807, 2.05) is 6.07 Å². The van der Waals surface area contributed by atoms with Gasteiger partial charge in [-0.2, -0.15) is 0 Å². The summed E-state index contributed by atoms with van der Waals surface area (Å²) in [5.74, 6) is 0.902. The quantitative estimate of drug-likeness (QED) is 0.423. The molecule has 20 heavy (non-hydrogen) atoms. The fourth-order valence-corrected chi connectivity index (χ4v) is 4.56. The van der Waals surface area contributed by atoms with Crippen LogP contribution in [0.5, 0.6) is 5.75 Å². The van der Waals surface area contributed by atoms with E-state index >= 15 is 0 Å². The molecule has 1 unspecified atom stereocenters. The Bertz CT molecular complexity index is 575. The second-order valence-electron chi connectivity index (χ2n) is 4.51. The summed E-state index contributed by atoms with van der Waals surface area (Å²) in [6.07, 6.45) is 1.01. The molecular weight excluding hydrogens is 468 g/mol. The van der Waals surface area contributed by atoms with Crippen LogP contribution in [0.2, 0.25) is 0 Å². The van der Waals surface area contributed by atoms with Crippen LogP contribution in [0.1, 0.15) is 34.2 Å². The lowest BCUT2D eigenvalue weighted by molar-refractivity contribution is 0.315. The molecule has 0 bridgehead atoms. The van der Waals surface area contributed by atoms with Crippen molar-refractivity contribution in [1.82, 2.24) is 0 Å². The molecule has 5 heteroatoms. The van der Waals surface area contributed by atoms with E-state index in [9.17, 15) is 0 Å². The minimum atomic E-state index is 0.203. The number of ether oxygens (including phenoxy) is 1. The molecule has 1 aromatic heterocycles. The van der Waals surface area contributed by atoms with E-state index in [1.165, 1.54) is 19.8 Å². The molecule has 1 aromatic carbocycles. The van der Waals surface area contributed by atoms with Crippen molar-refractivity contribution in [2.24, 2.45) is 0 Å². The van der Waals surface area contributed by atoms with Crippen LogP contribution in [0.15, 0.2) is 32.5 Å². The Labute approximate surface area is 149 Å². The number of hydrogen-bond acceptors (Lipinski definition) is 2. The molecule has 2 aromatic rings. The van der Waals surface area contributed by atoms with Crippen LogP contribution >= 0.6 is 59.1 Å². The predicted molar refractivity (Wildman–Crippen MR) is 97.5 cm³/mol. The Morgan fingerprint density at radius 3 is 2.55 bits per heavy atom. The van der Waals surface area contributed by atoms with E-state index in [-0.39, 0.29) is 4.83 Å². The average molecular weight is 483 g/mol. The van der Waals surface area contributed by atoms with Gasteiger partial charge in [-0.25, -0.2) is 0 Å². The fourth-order valence-electron chi connectivity index (χ4n) is 1.78. The summed E-state index contributed by atoms with van der Waals surface area (Å²) in [6.45, 7) is 4.96. The van der Waals surface area contributed by atoms with Gasteiger partial charge in [0, 0.05) is 4.88 Å². The number of thiophene rings is 1. The lowest BCUT2D eigenvalue weighted by Gasteiger charge is -2.12. The molecule has 0 N–H and O–H groups in total. The van der Waals surface area contributed by atoms with Gasteiger partial charge in [-0.1, -0.05) is 28.9 Å². The average Bonchev–Trinajstić information content (AvgIpc) is 2.76. The molecule has 0 amide bonds. The standard InChI is InChI=1S/C15H15Br3OS/c1-3-6-19-12-5-4-10(8-11(12)16)14(17)13-7-9(2)15(18)20-13/h4-5,7-8,14H,3,6H2,1-2H3. The highest BCUT2D eigenvalue weighted by Gasteiger charge is 2.15. The normalized spacial score (nSPS) is 12.4. The predicted octanol–water partition coefficient (Wildman–Crippen LogP) is 6.85. The number of benzene rings is 1. The highest BCUT2D eigenvalue weighted by atomic mass is 79.9. The van der Waals surface area contributed by atoms with Gasteiger partial charge >= 0.3 is 0 Å². The highest BCUT2D eigenvalue weighted by Crippen LogP contribution is 2.40. The lowest BCUT2D eigenvalue weighted by atomic mass is 10.1. The smallest absolute Gasteiger partial charge is 0.133 e. The van der Waals surface area contributed by atoms with E-state index in [0.717, 1.165) is 23.2 Å². The van der Waals surface area contributed by atoms with Crippen molar-refractivity contribution in [3.63, 3.8) is 0 Å². The maximum absolute atomic E-state index is 5.68. The number of alkyl halides is 1. The first-order valence-electron chi connectivity index (χ1n) is 6.35. The van der Waals surface area contributed by atoms with Gasteiger partial charge < -0.3 is 4.74 Å². The largest absolute Gasteiger partial charge is 0.492 e. The van der Waals surface area contributed by atoms with Crippen molar-refractivity contribution in [3.05, 3.63) is 48.5 Å². The van der Waals surface area contributed by atoms with Crippen LogP contribution in [0, 0.1) is 6.92 Å². The molecule has 1 atom stereocenters. The van der Waals surface area contributed by atoms with Gasteiger partial charge in [0.15, 0.2) is 0 Å². The van der Waals surface area contributed by atoms with Crippen LogP contribution in [0.25, 0.3) is 0 Å². The van der Waals surface area contributed by atoms with Crippen molar-refractivity contribution in [3.8, 4) is 5.75 Å². The van der Waals surface area contributed by atoms with Crippen molar-refractivity contribution in [2.45, 2.75) is 25.1 Å². The third-order valence-corrected chi connectivity index (χ3v) is 6.98. The molecule has 108 valence electrons. The van der Waals surface area contributed by atoms with Crippen molar-refractivity contribution >= 4 is 59.1 Å². The van der Waals surface area contributed by atoms with Gasteiger partial charge in [0.25, 0.3) is 0 Å². The zero-order chi connectivity index (χ0) is 14.7. The van der Waals surface area contributed by atoms with E-state index in [0.29, 0.717) is 0 Å². The van der Waals surface area contributed by atoms with E-state index in [1.54, 1.807) is 11.3 Å². The zero-order valence-corrected chi connectivity index (χ0v) is 16.8. The van der Waals surface area contributed by atoms with Gasteiger partial charge in [-0.15, -0.1) is 11.3 Å². The summed E-state index contributed by atoms with van der Waals surface area (Å²) in [5, 5.41) is 0. The first-order chi connectivity index (χ1) is 9.52. The maximum Gasteiger partial charge on any atom is 0.133 e. The number of aryl methyl sites for hydroxylation is 1. The molecule has 0 saturated carbocycles. The molecule has 0 aliphatic carbocycles. The molecule has 2 rings (SSSR count). The SMILES string of the molecule is CCCOc1ccc(C(Br)c2cc(C)c(Br)s2)cc1Br. The molecule has 1 nitrogen and oxygen atoms in total. The van der Waals surface area contributed by atoms with Gasteiger partial charge in [0.05, 0.1) is 19.7 Å². The Morgan fingerprint density at radius 2 is 2.00 bits per heavy atom. The molecule has 0 aliphatic heterocycles. The summed E-state index contributed by atoms with van der Waals surface area (Å²) in [5.41, 5.74) is 2.49. The zero-order valence-electron chi connectivity index (χ0n) is 11.3. The van der Waals surface area contributed by atoms with Crippen LogP contribution in [0.3, 0.4) is 0 Å². The van der Waals surface area contributed by atoms with Crippen LogP contribution in [-0.4, -0.2) is 6.61 Å². The van der Waals surface area contributed by atoms with Gasteiger partial charge in [0.2, 0.25) is 0 Å². The first-order valence-corrected chi connectivity index (χ1v) is 9.67. The van der Waals surface area contributed by atoms with E-state index < -0.39 is 0 Å². The number of rotatable bonds is 5. The Hall–Kier alpha value is 0.160. The molecule has 0 saturated heterocycles. The molecule has 1 heterocycles. The van der Waals surface area contributed by atoms with Crippen LogP contribution in [-0.2, 0) is 0 Å². The van der Waals surface area contributed by atoms with Gasteiger partial charge in [-0.05, 0) is 74.5 Å². The second kappa shape index (κ2) is 7.43. The minimum absolute atomic E-state index is 0.203. The van der Waals surface area contributed by atoms with Gasteiger partial charge in [0.1, 0.15) is 5.75 Å². The van der Waals surface area contributed by atoms with E-state index in [2.05, 4.69) is 79.8 Å². The van der Waals surface area contributed by atoms with Crippen LogP contribution in [0.4, 0.5) is 0 Å². The molecule has 0 radical (unpaired) electrons. The summed E-state index contributed by atoms with van der Waals surface area (Å²) in [4.78, 5) is 1.50. The van der Waals surface area contributed by atoms with Crippen molar-refractivity contribution in [1.29, 1.82) is 0 Å². The summed E-state index contributed by atoms with van der Waals surface area (Å²) >= 11 is 12.7. The number of halogens is 3. The second-order valence-corrected chi connectivity index (χ2v) is 8.68. The molecule has 0 aliphatic rings. The van der Waals surface area contributed by atoms with Gasteiger partial charge in [-0.3, -0.25) is 0 Å². The topological polar surface area (TPSA) is 9.23 Å². The summed E-state index contributed by atoms with van der Waals surface area (Å²) in [6, 6.07) is 8.47. The molecule has 0 fully saturated rings. The van der Waals surface area contributed by atoms with Crippen molar-refractivity contribution < 1.29 is 4.74 Å².